The van der Waals surface area contributed by atoms with Crippen LogP contribution in [-0.4, -0.2) is 17.0 Å². The molecule has 4 nitrogen and oxygen atoms in total. The van der Waals surface area contributed by atoms with Gasteiger partial charge in [0, 0.05) is 0 Å². The first-order chi connectivity index (χ1) is 9.04. The second-order valence-electron chi connectivity index (χ2n) is 4.89. The van der Waals surface area contributed by atoms with Crippen molar-refractivity contribution in [3.8, 4) is 0 Å². The molecular formula is C14H17NO3S. The maximum atomic E-state index is 12.3. The molecule has 0 N–H and O–H groups in total. The quantitative estimate of drug-likeness (QED) is 0.809. The summed E-state index contributed by atoms with van der Waals surface area (Å²) in [7, 11) is 1.36. The maximum Gasteiger partial charge on any atom is 0.330 e. The number of carbonyl (C=O) groups excluding carboxylic acids is 1. The van der Waals surface area contributed by atoms with Crippen LogP contribution >= 0.6 is 11.5 Å². The lowest BCUT2D eigenvalue weighted by Crippen LogP contribution is -2.28. The van der Waals surface area contributed by atoms with Gasteiger partial charge < -0.3 is 4.74 Å². The molecule has 0 unspecified atom stereocenters. The van der Waals surface area contributed by atoms with Crippen LogP contribution in [0, 0.1) is 5.92 Å². The first kappa shape index (κ1) is 13.8. The Morgan fingerprint density at radius 3 is 2.63 bits per heavy atom. The van der Waals surface area contributed by atoms with Gasteiger partial charge in [0.25, 0.3) is 5.56 Å². The van der Waals surface area contributed by atoms with Gasteiger partial charge in [0.1, 0.15) is 6.04 Å². The summed E-state index contributed by atoms with van der Waals surface area (Å²) in [4.78, 5) is 24.2. The van der Waals surface area contributed by atoms with E-state index < -0.39 is 6.04 Å². The summed E-state index contributed by atoms with van der Waals surface area (Å²) in [5.41, 5.74) is -0.114. The van der Waals surface area contributed by atoms with E-state index in [0.717, 1.165) is 4.70 Å². The summed E-state index contributed by atoms with van der Waals surface area (Å²) in [5, 5.41) is 0.658. The molecule has 102 valence electrons. The first-order valence-corrected chi connectivity index (χ1v) is 7.00. The average molecular weight is 279 g/mol. The van der Waals surface area contributed by atoms with Crippen molar-refractivity contribution in [3.63, 3.8) is 0 Å². The predicted molar refractivity (Wildman–Crippen MR) is 76.6 cm³/mol. The lowest BCUT2D eigenvalue weighted by Gasteiger charge is -2.16. The van der Waals surface area contributed by atoms with Crippen molar-refractivity contribution in [1.29, 1.82) is 0 Å². The number of aromatic nitrogens is 1. The fraction of sp³-hybridized carbons (Fsp3) is 0.429. The van der Waals surface area contributed by atoms with Crippen LogP contribution in [0.15, 0.2) is 29.1 Å². The van der Waals surface area contributed by atoms with Crippen molar-refractivity contribution in [2.45, 2.75) is 26.3 Å². The molecule has 1 aromatic heterocycles. The molecule has 0 radical (unpaired) electrons. The van der Waals surface area contributed by atoms with Crippen molar-refractivity contribution >= 4 is 27.6 Å². The lowest BCUT2D eigenvalue weighted by molar-refractivity contribution is -0.144. The highest BCUT2D eigenvalue weighted by atomic mass is 32.1. The Bertz CT molecular complexity index is 641. The molecule has 0 aliphatic heterocycles. The number of hydrogen-bond acceptors (Lipinski definition) is 4. The van der Waals surface area contributed by atoms with Crippen LogP contribution in [0.5, 0.6) is 0 Å². The van der Waals surface area contributed by atoms with E-state index in [0.29, 0.717) is 17.7 Å². The molecule has 0 fully saturated rings. The molecule has 0 aliphatic rings. The van der Waals surface area contributed by atoms with Crippen LogP contribution in [0.4, 0.5) is 0 Å². The van der Waals surface area contributed by atoms with Gasteiger partial charge in [0.15, 0.2) is 0 Å². The maximum absolute atomic E-state index is 12.3. The van der Waals surface area contributed by atoms with Crippen LogP contribution < -0.4 is 5.56 Å². The van der Waals surface area contributed by atoms with Crippen molar-refractivity contribution in [2.75, 3.05) is 7.11 Å². The zero-order valence-electron chi connectivity index (χ0n) is 11.3. The number of fused-ring (bicyclic) bond motifs is 1. The van der Waals surface area contributed by atoms with Crippen molar-refractivity contribution in [2.24, 2.45) is 5.92 Å². The second kappa shape index (κ2) is 5.57. The van der Waals surface area contributed by atoms with Crippen molar-refractivity contribution < 1.29 is 9.53 Å². The van der Waals surface area contributed by atoms with Gasteiger partial charge in [-0.1, -0.05) is 37.5 Å². The van der Waals surface area contributed by atoms with Gasteiger partial charge in [-0.15, -0.1) is 0 Å². The van der Waals surface area contributed by atoms with E-state index >= 15 is 0 Å². The molecule has 0 saturated carbocycles. The van der Waals surface area contributed by atoms with Gasteiger partial charge in [0.2, 0.25) is 0 Å². The summed E-state index contributed by atoms with van der Waals surface area (Å²) >= 11 is 1.32. The van der Waals surface area contributed by atoms with Crippen molar-refractivity contribution in [3.05, 3.63) is 34.6 Å². The monoisotopic (exact) mass is 279 g/mol. The van der Waals surface area contributed by atoms with E-state index in [9.17, 15) is 9.59 Å². The Balaban J connectivity index is 2.52. The molecule has 0 saturated heterocycles. The van der Waals surface area contributed by atoms with E-state index in [-0.39, 0.29) is 11.5 Å². The Kier molecular flexibility index (Phi) is 4.04. The van der Waals surface area contributed by atoms with Crippen LogP contribution in [0.3, 0.4) is 0 Å². The normalized spacial score (nSPS) is 12.8. The number of ether oxygens (including phenoxy) is 1. The highest BCUT2D eigenvalue weighted by Crippen LogP contribution is 2.24. The number of nitrogens with zero attached hydrogens (tertiary/aromatic N) is 1. The molecule has 2 aromatic rings. The zero-order valence-corrected chi connectivity index (χ0v) is 12.1. The van der Waals surface area contributed by atoms with Crippen LogP contribution in [-0.2, 0) is 9.53 Å². The SMILES string of the molecule is COC(=O)[C@H](CC(C)C)n1sc2ccccc2c1=O. The Morgan fingerprint density at radius 1 is 1.37 bits per heavy atom. The highest BCUT2D eigenvalue weighted by molar-refractivity contribution is 7.14. The van der Waals surface area contributed by atoms with Crippen LogP contribution in [0.1, 0.15) is 26.3 Å². The fourth-order valence-electron chi connectivity index (χ4n) is 2.06. The summed E-state index contributed by atoms with van der Waals surface area (Å²) in [6.07, 6.45) is 0.597. The molecule has 1 atom stereocenters. The molecule has 0 aliphatic carbocycles. The van der Waals surface area contributed by atoms with Gasteiger partial charge in [-0.05, 0) is 24.5 Å². The standard InChI is InChI=1S/C14H17NO3S/c1-9(2)8-11(14(17)18-3)15-13(16)10-6-4-5-7-12(10)19-15/h4-7,9,11H,8H2,1-3H3/t11-/m0/s1. The fourth-order valence-corrected chi connectivity index (χ4v) is 3.15. The molecule has 1 aromatic carbocycles. The summed E-state index contributed by atoms with van der Waals surface area (Å²) in [6.45, 7) is 4.04. The van der Waals surface area contributed by atoms with Gasteiger partial charge in [-0.25, -0.2) is 8.75 Å². The topological polar surface area (TPSA) is 48.3 Å². The second-order valence-corrected chi connectivity index (χ2v) is 5.90. The molecule has 1 heterocycles. The average Bonchev–Trinajstić information content (AvgIpc) is 2.73. The molecular weight excluding hydrogens is 262 g/mol. The summed E-state index contributed by atoms with van der Waals surface area (Å²) in [5.74, 6) is -0.0523. The Morgan fingerprint density at radius 2 is 2.05 bits per heavy atom. The minimum atomic E-state index is -0.533. The Hall–Kier alpha value is -1.62. The number of carbonyl (C=O) groups is 1. The third kappa shape index (κ3) is 2.71. The third-order valence-corrected chi connectivity index (χ3v) is 4.14. The van der Waals surface area contributed by atoms with E-state index in [2.05, 4.69) is 0 Å². The van der Waals surface area contributed by atoms with Crippen molar-refractivity contribution in [1.82, 2.24) is 3.96 Å². The molecule has 5 heteroatoms. The van der Waals surface area contributed by atoms with Crippen LogP contribution in [0.25, 0.3) is 10.1 Å². The minimum absolute atomic E-state index is 0.114. The number of rotatable bonds is 4. The molecule has 0 spiro atoms. The van der Waals surface area contributed by atoms with Crippen LogP contribution in [0.2, 0.25) is 0 Å². The first-order valence-electron chi connectivity index (χ1n) is 6.23. The van der Waals surface area contributed by atoms with Gasteiger partial charge in [-0.3, -0.25) is 4.79 Å². The molecule has 2 rings (SSSR count). The van der Waals surface area contributed by atoms with E-state index in [1.54, 1.807) is 6.07 Å². The smallest absolute Gasteiger partial charge is 0.330 e. The van der Waals surface area contributed by atoms with E-state index in [4.69, 9.17) is 4.74 Å². The Labute approximate surface area is 115 Å². The third-order valence-electron chi connectivity index (χ3n) is 2.97. The predicted octanol–water partition coefficient (Wildman–Crippen LogP) is 2.82. The number of esters is 1. The molecule has 0 amide bonds. The molecule has 0 bridgehead atoms. The van der Waals surface area contributed by atoms with E-state index in [1.165, 1.54) is 22.6 Å². The summed E-state index contributed by atoms with van der Waals surface area (Å²) < 4.78 is 7.26. The molecule has 19 heavy (non-hydrogen) atoms. The minimum Gasteiger partial charge on any atom is -0.467 e. The van der Waals surface area contributed by atoms with Gasteiger partial charge in [-0.2, -0.15) is 0 Å². The lowest BCUT2D eigenvalue weighted by atomic mass is 10.0. The van der Waals surface area contributed by atoms with Gasteiger partial charge >= 0.3 is 5.97 Å². The number of methoxy groups -OCH3 is 1. The number of benzene rings is 1. The summed E-state index contributed by atoms with van der Waals surface area (Å²) in [6, 6.07) is 6.86. The number of hydrogen-bond donors (Lipinski definition) is 0. The largest absolute Gasteiger partial charge is 0.467 e. The zero-order chi connectivity index (χ0) is 14.0. The van der Waals surface area contributed by atoms with E-state index in [1.807, 2.05) is 32.0 Å². The highest BCUT2D eigenvalue weighted by Gasteiger charge is 2.25. The van der Waals surface area contributed by atoms with Gasteiger partial charge in [0.05, 0.1) is 17.2 Å².